The van der Waals surface area contributed by atoms with E-state index in [9.17, 15) is 0 Å². The molecule has 1 aromatic carbocycles. The summed E-state index contributed by atoms with van der Waals surface area (Å²) >= 11 is 6.30. The number of halogens is 1. The summed E-state index contributed by atoms with van der Waals surface area (Å²) in [5.41, 5.74) is 4.34. The van der Waals surface area contributed by atoms with Crippen molar-refractivity contribution in [2.24, 2.45) is 0 Å². The van der Waals surface area contributed by atoms with Gasteiger partial charge in [0, 0.05) is 0 Å². The molecule has 0 aromatic heterocycles. The minimum atomic E-state index is 0.213. The van der Waals surface area contributed by atoms with Crippen LogP contribution in [0.4, 0.5) is 0 Å². The highest BCUT2D eigenvalue weighted by atomic mass is 35.5. The van der Waals surface area contributed by atoms with Gasteiger partial charge >= 0.3 is 0 Å². The van der Waals surface area contributed by atoms with Gasteiger partial charge in [0.2, 0.25) is 0 Å². The summed E-state index contributed by atoms with van der Waals surface area (Å²) < 4.78 is 0. The zero-order valence-electron chi connectivity index (χ0n) is 8.39. The van der Waals surface area contributed by atoms with Crippen LogP contribution in [0.15, 0.2) is 18.2 Å². The van der Waals surface area contributed by atoms with Gasteiger partial charge in [0.15, 0.2) is 0 Å². The van der Waals surface area contributed by atoms with E-state index in [1.807, 2.05) is 0 Å². The third-order valence-electron chi connectivity index (χ3n) is 2.96. The first-order valence-electron chi connectivity index (χ1n) is 4.76. The molecule has 0 amide bonds. The Morgan fingerprint density at radius 3 is 2.77 bits per heavy atom. The van der Waals surface area contributed by atoms with Crippen LogP contribution in [-0.4, -0.2) is 0 Å². The fourth-order valence-electron chi connectivity index (χ4n) is 2.23. The van der Waals surface area contributed by atoms with Crippen molar-refractivity contribution < 1.29 is 0 Å². The maximum Gasteiger partial charge on any atom is 0.0596 e. The number of hydrogen-bond donors (Lipinski definition) is 0. The van der Waals surface area contributed by atoms with Crippen molar-refractivity contribution >= 4 is 11.6 Å². The maximum atomic E-state index is 6.30. The second-order valence-corrected chi connectivity index (χ2v) is 5.17. The van der Waals surface area contributed by atoms with E-state index in [1.165, 1.54) is 16.7 Å². The van der Waals surface area contributed by atoms with Gasteiger partial charge in [-0.15, -0.1) is 11.6 Å². The molecule has 1 heteroatoms. The molecule has 0 saturated carbocycles. The molecule has 0 bridgehead atoms. The third-order valence-corrected chi connectivity index (χ3v) is 3.35. The fraction of sp³-hybridized carbons (Fsp3) is 0.500. The molecule has 1 aliphatic carbocycles. The van der Waals surface area contributed by atoms with Crippen LogP contribution in [0.2, 0.25) is 0 Å². The van der Waals surface area contributed by atoms with Gasteiger partial charge in [0.05, 0.1) is 5.38 Å². The highest BCUT2D eigenvalue weighted by Crippen LogP contribution is 2.47. The number of rotatable bonds is 0. The molecular formula is C12H15Cl. The summed E-state index contributed by atoms with van der Waals surface area (Å²) in [6, 6.07) is 6.63. The second-order valence-electron chi connectivity index (χ2n) is 4.65. The molecule has 0 spiro atoms. The first-order chi connectivity index (χ1) is 6.00. The summed E-state index contributed by atoms with van der Waals surface area (Å²) in [7, 11) is 0. The van der Waals surface area contributed by atoms with E-state index < -0.39 is 0 Å². The summed E-state index contributed by atoms with van der Waals surface area (Å²) in [6.45, 7) is 6.66. The zero-order chi connectivity index (χ0) is 9.64. The maximum absolute atomic E-state index is 6.30. The number of alkyl halides is 1. The SMILES string of the molecule is Cc1ccc2c(c1)C(Cl)CC2(C)C. The van der Waals surface area contributed by atoms with E-state index in [0.29, 0.717) is 0 Å². The fourth-order valence-corrected chi connectivity index (χ4v) is 2.79. The van der Waals surface area contributed by atoms with Gasteiger partial charge in [-0.2, -0.15) is 0 Å². The van der Waals surface area contributed by atoms with Crippen LogP contribution in [-0.2, 0) is 5.41 Å². The highest BCUT2D eigenvalue weighted by Gasteiger charge is 2.35. The Hall–Kier alpha value is -0.490. The van der Waals surface area contributed by atoms with Crippen molar-refractivity contribution in [2.75, 3.05) is 0 Å². The van der Waals surface area contributed by atoms with Crippen molar-refractivity contribution in [1.82, 2.24) is 0 Å². The number of aryl methyl sites for hydroxylation is 1. The van der Waals surface area contributed by atoms with Crippen molar-refractivity contribution in [3.63, 3.8) is 0 Å². The van der Waals surface area contributed by atoms with Crippen LogP contribution < -0.4 is 0 Å². The van der Waals surface area contributed by atoms with Crippen LogP contribution in [0.1, 0.15) is 42.3 Å². The standard InChI is InChI=1S/C12H15Cl/c1-8-4-5-10-9(6-8)11(13)7-12(10,2)3/h4-6,11H,7H2,1-3H3. The smallest absolute Gasteiger partial charge is 0.0596 e. The Bertz CT molecular complexity index is 339. The van der Waals surface area contributed by atoms with Crippen LogP contribution in [0.5, 0.6) is 0 Å². The molecule has 1 aliphatic rings. The lowest BCUT2D eigenvalue weighted by Crippen LogP contribution is -2.11. The molecule has 2 rings (SSSR count). The number of fused-ring (bicyclic) bond motifs is 1. The molecule has 0 aliphatic heterocycles. The lowest BCUT2D eigenvalue weighted by atomic mass is 9.86. The van der Waals surface area contributed by atoms with Gasteiger partial charge in [-0.3, -0.25) is 0 Å². The lowest BCUT2D eigenvalue weighted by Gasteiger charge is -2.18. The Morgan fingerprint density at radius 1 is 1.38 bits per heavy atom. The van der Waals surface area contributed by atoms with Gasteiger partial charge in [0.25, 0.3) is 0 Å². The molecule has 1 atom stereocenters. The predicted molar refractivity (Wildman–Crippen MR) is 57.4 cm³/mol. The minimum Gasteiger partial charge on any atom is -0.118 e. The zero-order valence-corrected chi connectivity index (χ0v) is 9.15. The molecule has 1 aromatic rings. The van der Waals surface area contributed by atoms with Crippen molar-refractivity contribution in [3.05, 3.63) is 34.9 Å². The molecule has 13 heavy (non-hydrogen) atoms. The minimum absolute atomic E-state index is 0.213. The van der Waals surface area contributed by atoms with Gasteiger partial charge in [-0.1, -0.05) is 37.6 Å². The first kappa shape index (κ1) is 9.08. The van der Waals surface area contributed by atoms with E-state index in [-0.39, 0.29) is 10.8 Å². The van der Waals surface area contributed by atoms with Crippen LogP contribution in [0.25, 0.3) is 0 Å². The van der Waals surface area contributed by atoms with Crippen LogP contribution in [0.3, 0.4) is 0 Å². The van der Waals surface area contributed by atoms with Crippen LogP contribution >= 0.6 is 11.6 Å². The van der Waals surface area contributed by atoms with Gasteiger partial charge < -0.3 is 0 Å². The summed E-state index contributed by atoms with van der Waals surface area (Å²) in [6.07, 6.45) is 1.06. The lowest BCUT2D eigenvalue weighted by molar-refractivity contribution is 0.516. The Kier molecular flexibility index (Phi) is 1.92. The molecule has 0 heterocycles. The molecule has 0 N–H and O–H groups in total. The van der Waals surface area contributed by atoms with Crippen molar-refractivity contribution in [2.45, 2.75) is 38.0 Å². The summed E-state index contributed by atoms with van der Waals surface area (Å²) in [4.78, 5) is 0. The summed E-state index contributed by atoms with van der Waals surface area (Å²) in [5, 5.41) is 0.213. The van der Waals surface area contributed by atoms with E-state index >= 15 is 0 Å². The Balaban J connectivity index is 2.59. The van der Waals surface area contributed by atoms with Gasteiger partial charge in [0.1, 0.15) is 0 Å². The molecule has 0 nitrogen and oxygen atoms in total. The van der Waals surface area contributed by atoms with Crippen molar-refractivity contribution in [3.8, 4) is 0 Å². The normalized spacial score (nSPS) is 24.5. The van der Waals surface area contributed by atoms with E-state index in [4.69, 9.17) is 11.6 Å². The molecule has 70 valence electrons. The molecule has 1 unspecified atom stereocenters. The Labute approximate surface area is 84.9 Å². The average molecular weight is 195 g/mol. The monoisotopic (exact) mass is 194 g/mol. The number of benzene rings is 1. The van der Waals surface area contributed by atoms with E-state index in [1.54, 1.807) is 0 Å². The first-order valence-corrected chi connectivity index (χ1v) is 5.19. The van der Waals surface area contributed by atoms with E-state index in [0.717, 1.165) is 6.42 Å². The van der Waals surface area contributed by atoms with Gasteiger partial charge in [-0.05, 0) is 29.9 Å². The largest absolute Gasteiger partial charge is 0.118 e. The topological polar surface area (TPSA) is 0 Å². The predicted octanol–water partition coefficient (Wildman–Crippen LogP) is 3.96. The van der Waals surface area contributed by atoms with Crippen LogP contribution in [0, 0.1) is 6.92 Å². The number of hydrogen-bond acceptors (Lipinski definition) is 0. The molecule has 0 radical (unpaired) electrons. The van der Waals surface area contributed by atoms with Crippen molar-refractivity contribution in [1.29, 1.82) is 0 Å². The molecular weight excluding hydrogens is 180 g/mol. The second kappa shape index (κ2) is 2.75. The Morgan fingerprint density at radius 2 is 2.08 bits per heavy atom. The molecule has 0 saturated heterocycles. The molecule has 0 fully saturated rings. The van der Waals surface area contributed by atoms with E-state index in [2.05, 4.69) is 39.0 Å². The average Bonchev–Trinajstić information content (AvgIpc) is 2.22. The summed E-state index contributed by atoms with van der Waals surface area (Å²) in [5.74, 6) is 0. The van der Waals surface area contributed by atoms with Gasteiger partial charge in [-0.25, -0.2) is 0 Å². The third kappa shape index (κ3) is 1.38. The highest BCUT2D eigenvalue weighted by molar-refractivity contribution is 6.21. The quantitative estimate of drug-likeness (QED) is 0.549.